The van der Waals surface area contributed by atoms with Gasteiger partial charge in [-0.05, 0) is 207 Å². The lowest BCUT2D eigenvalue weighted by molar-refractivity contribution is -0.143. The maximum Gasteiger partial charge on any atom is 0.253 e. The molecule has 148 heavy (non-hydrogen) atoms. The molecule has 5 fully saturated rings. The smallest absolute Gasteiger partial charge is 0.253 e. The Kier molecular flexibility index (Phi) is 74.3. The zero-order valence-electron chi connectivity index (χ0n) is 97.8. The van der Waals surface area contributed by atoms with Gasteiger partial charge < -0.3 is 15.1 Å². The molecule has 16 heteroatoms. The van der Waals surface area contributed by atoms with Gasteiger partial charge in [0.05, 0.1) is 12.8 Å². The van der Waals surface area contributed by atoms with Crippen LogP contribution >= 0.6 is 0 Å². The second kappa shape index (κ2) is 83.8. The predicted molar refractivity (Wildman–Crippen MR) is 621 cm³/mol. The Morgan fingerprint density at radius 1 is 0.291 bits per heavy atom. The van der Waals surface area contributed by atoms with Crippen molar-refractivity contribution >= 4 is 59.5 Å². The summed E-state index contributed by atoms with van der Waals surface area (Å²) in [6.45, 7) is 28.5. The molecule has 0 spiro atoms. The van der Waals surface area contributed by atoms with E-state index in [1.807, 2.05) is 0 Å². The number of likely N-dealkylation sites (tertiary alicyclic amines) is 2. The van der Waals surface area contributed by atoms with E-state index in [1.54, 1.807) is 23.6 Å². The number of imide groups is 3. The molecule has 850 valence electrons. The second-order valence-corrected chi connectivity index (χ2v) is 48.7. The summed E-state index contributed by atoms with van der Waals surface area (Å²) in [4.78, 5) is 139. The van der Waals surface area contributed by atoms with Crippen LogP contribution in [-0.2, 0) is 47.9 Å². The number of nitrogens with one attached hydrogen (secondary N) is 1. The second-order valence-electron chi connectivity index (χ2n) is 48.7. The van der Waals surface area contributed by atoms with Gasteiger partial charge in [0.15, 0.2) is 0 Å². The van der Waals surface area contributed by atoms with Crippen LogP contribution < -0.4 is 5.32 Å². The summed E-state index contributed by atoms with van der Waals surface area (Å²) in [6, 6.07) is -1.50. The number of carbonyl (C=O) groups is 10. The standard InChI is InChI=1S/C132H232N6O10/c1-11-17-23-29-47-65-84-116-110(78-59-26-20-14-4)91-94-113(81-62-44-32-38-53-71-99-133-124(140)90-77-105-139)119(116)88-69-51-36-42-57-76-104-138-128(144)107-123(132(138)148)135(130(146)109(9)10)101-73-55-41-35-50-68-87-120-114(95-92-111(79-60-27-21-15-5)117(120)85-66-48-30-24-18-12-2)82-63-45-33-39-54-72-100-134(129(145)108(7)8)122-106-127(143)137(131(122)147)103-75-58-43-37-52-70-89-121-115(83-64-46-34-40-56-74-102-136-125(141)97-98-126(136)142)96-93-112(80-61-28-22-16-6)118(121)86-67-49-31-25-19-13-3/h77,90,97-98,105,110-123H,7,9,11-76,78-89,91-96,99-104,106-107H2,1-6,8,10H3,(H,133,140)/b90-77-. The summed E-state index contributed by atoms with van der Waals surface area (Å²) in [5.74, 6) is 8.30. The highest BCUT2D eigenvalue weighted by Gasteiger charge is 2.47. The maximum atomic E-state index is 14.3. The fourth-order valence-electron chi connectivity index (χ4n) is 28.2. The summed E-state index contributed by atoms with van der Waals surface area (Å²) < 4.78 is 0. The van der Waals surface area contributed by atoms with E-state index in [-0.39, 0.29) is 66.0 Å². The van der Waals surface area contributed by atoms with Gasteiger partial charge in [0.1, 0.15) is 18.4 Å². The molecule has 0 bridgehead atoms. The molecule has 14 unspecified atom stereocenters. The van der Waals surface area contributed by atoms with E-state index in [9.17, 15) is 47.9 Å². The molecule has 1 N–H and O–H groups in total. The molecule has 0 aromatic rings. The Morgan fingerprint density at radius 2 is 0.500 bits per heavy atom. The molecular formula is C132H232N6O10. The number of amides is 9. The highest BCUT2D eigenvalue weighted by Crippen LogP contribution is 2.52. The molecule has 2 saturated heterocycles. The molecule has 3 heterocycles. The predicted octanol–water partition coefficient (Wildman–Crippen LogP) is 35.2. The van der Waals surface area contributed by atoms with Crippen LogP contribution in [0.25, 0.3) is 0 Å². The van der Waals surface area contributed by atoms with Gasteiger partial charge in [0, 0.05) is 68.6 Å². The first-order valence-corrected chi connectivity index (χ1v) is 64.8. The molecule has 9 amide bonds. The zero-order valence-corrected chi connectivity index (χ0v) is 97.8. The van der Waals surface area contributed by atoms with Crippen LogP contribution in [0.4, 0.5) is 0 Å². The SMILES string of the molecule is C=C(C)C(=O)N(CCCCCCCCC1CCC(CCCCCC)C(CCCCCCCC)C1CCCCCCCCN(C(=O)C(=C)C)C1CC(=O)N(CCCCCCCCC2C(CCCCCCCCNC(=O)/C=C\C=O)CCC(CCCCCC)C2CCCCCCCC)C1=O)C1CC(=O)N(CCCCCCCCC2C(CCCCCCCCN3C(=O)C=CC3=O)CCC(CCCCCC)C2CCCCCCCC)C1=O. The summed E-state index contributed by atoms with van der Waals surface area (Å²) in [5.41, 5.74) is 0.832. The van der Waals surface area contributed by atoms with Crippen LogP contribution in [-0.4, -0.2) is 135 Å². The molecule has 14 atom stereocenters. The molecule has 3 aliphatic heterocycles. The van der Waals surface area contributed by atoms with Crippen molar-refractivity contribution in [1.29, 1.82) is 0 Å². The zero-order chi connectivity index (χ0) is 107. The third-order valence-electron chi connectivity index (χ3n) is 36.9. The molecule has 0 aromatic carbocycles. The Balaban J connectivity index is 0.935. The van der Waals surface area contributed by atoms with Crippen molar-refractivity contribution in [2.24, 2.45) is 71.0 Å². The largest absolute Gasteiger partial charge is 0.353 e. The lowest BCUT2D eigenvalue weighted by Crippen LogP contribution is -2.46. The number of hydrogen-bond donors (Lipinski definition) is 1. The quantitative estimate of drug-likeness (QED) is 0.0264. The molecule has 6 aliphatic rings. The van der Waals surface area contributed by atoms with Gasteiger partial charge in [0.2, 0.25) is 29.5 Å². The Bertz CT molecular complexity index is 3610. The van der Waals surface area contributed by atoms with Gasteiger partial charge in [-0.25, -0.2) is 0 Å². The molecule has 6 rings (SSSR count). The van der Waals surface area contributed by atoms with Crippen molar-refractivity contribution in [3.8, 4) is 0 Å². The third-order valence-corrected chi connectivity index (χ3v) is 36.9. The minimum atomic E-state index is -0.752. The van der Waals surface area contributed by atoms with Gasteiger partial charge in [-0.3, -0.25) is 62.6 Å². The van der Waals surface area contributed by atoms with Gasteiger partial charge in [-0.2, -0.15) is 0 Å². The summed E-state index contributed by atoms with van der Waals surface area (Å²) >= 11 is 0. The van der Waals surface area contributed by atoms with Gasteiger partial charge in [-0.15, -0.1) is 0 Å². The first-order chi connectivity index (χ1) is 72.3. The van der Waals surface area contributed by atoms with E-state index >= 15 is 0 Å². The molecule has 0 radical (unpaired) electrons. The van der Waals surface area contributed by atoms with Crippen molar-refractivity contribution in [2.45, 2.75) is 620 Å². The lowest BCUT2D eigenvalue weighted by atomic mass is 9.61. The van der Waals surface area contributed by atoms with Crippen molar-refractivity contribution in [2.75, 3.05) is 39.3 Å². The number of allylic oxidation sites excluding steroid dienone is 1. The van der Waals surface area contributed by atoms with E-state index in [0.29, 0.717) is 56.7 Å². The Morgan fingerprint density at radius 3 is 0.743 bits per heavy atom. The average molecular weight is 2060 g/mol. The van der Waals surface area contributed by atoms with Gasteiger partial charge >= 0.3 is 0 Å². The number of hydrogen-bond acceptors (Lipinski definition) is 10. The number of carbonyl (C=O) groups excluding carboxylic acids is 10. The summed E-state index contributed by atoms with van der Waals surface area (Å²) in [6.07, 6.45) is 112. The van der Waals surface area contributed by atoms with Crippen molar-refractivity contribution in [1.82, 2.24) is 29.8 Å². The number of aldehydes is 1. The minimum absolute atomic E-state index is 0.0650. The fourth-order valence-corrected chi connectivity index (χ4v) is 28.2. The summed E-state index contributed by atoms with van der Waals surface area (Å²) in [5, 5.41) is 2.89. The van der Waals surface area contributed by atoms with Crippen LogP contribution in [0.3, 0.4) is 0 Å². The maximum absolute atomic E-state index is 14.3. The number of nitrogens with zero attached hydrogens (tertiary/aromatic N) is 5. The fraction of sp³-hybridized carbons (Fsp3) is 0.864. The first kappa shape index (κ1) is 131. The van der Waals surface area contributed by atoms with Gasteiger partial charge in [-0.1, -0.05) is 478 Å². The molecule has 3 saturated carbocycles. The van der Waals surface area contributed by atoms with Crippen LogP contribution in [0.2, 0.25) is 0 Å². The van der Waals surface area contributed by atoms with Crippen molar-refractivity contribution in [3.63, 3.8) is 0 Å². The summed E-state index contributed by atoms with van der Waals surface area (Å²) in [7, 11) is 0. The third kappa shape index (κ3) is 52.8. The monoisotopic (exact) mass is 2060 g/mol. The Labute approximate surface area is 910 Å². The van der Waals surface area contributed by atoms with Crippen LogP contribution in [0, 0.1) is 71.0 Å². The van der Waals surface area contributed by atoms with E-state index in [2.05, 4.69) is 60.0 Å². The van der Waals surface area contributed by atoms with Crippen LogP contribution in [0.15, 0.2) is 48.6 Å². The van der Waals surface area contributed by atoms with Crippen molar-refractivity contribution < 1.29 is 47.9 Å². The normalized spacial score (nSPS) is 22.2. The molecule has 16 nitrogen and oxygen atoms in total. The van der Waals surface area contributed by atoms with E-state index in [0.717, 1.165) is 180 Å². The van der Waals surface area contributed by atoms with E-state index in [4.69, 9.17) is 0 Å². The topological polar surface area (TPSA) is 199 Å². The van der Waals surface area contributed by atoms with E-state index < -0.39 is 12.1 Å². The minimum Gasteiger partial charge on any atom is -0.353 e. The first-order valence-electron chi connectivity index (χ1n) is 64.8. The molecular weight excluding hydrogens is 1830 g/mol. The lowest BCUT2D eigenvalue weighted by Gasteiger charge is -2.44. The highest BCUT2D eigenvalue weighted by molar-refractivity contribution is 6.13. The average Bonchev–Trinajstić information content (AvgIpc) is 1.60. The van der Waals surface area contributed by atoms with E-state index in [1.165, 1.54) is 469 Å². The Hall–Kier alpha value is -5.54. The highest BCUT2D eigenvalue weighted by atomic mass is 16.2. The number of unbranched alkanes of at least 4 members (excludes halogenated alkanes) is 54. The van der Waals surface area contributed by atoms with Crippen LogP contribution in [0.1, 0.15) is 608 Å². The van der Waals surface area contributed by atoms with Gasteiger partial charge in [0.25, 0.3) is 23.6 Å². The van der Waals surface area contributed by atoms with Crippen LogP contribution in [0.5, 0.6) is 0 Å². The number of rotatable bonds is 96. The van der Waals surface area contributed by atoms with Crippen molar-refractivity contribution in [3.05, 3.63) is 48.6 Å². The molecule has 3 aliphatic carbocycles. The molecule has 0 aromatic heterocycles.